The Labute approximate surface area is 197 Å². The predicted molar refractivity (Wildman–Crippen MR) is 134 cm³/mol. The van der Waals surface area contributed by atoms with E-state index in [9.17, 15) is 4.79 Å². The lowest BCUT2D eigenvalue weighted by atomic mass is 9.80. The highest BCUT2D eigenvalue weighted by Crippen LogP contribution is 2.45. The number of benzene rings is 2. The number of aliphatic imine (C=N–C) groups is 1. The van der Waals surface area contributed by atoms with Crippen LogP contribution in [0.4, 0.5) is 11.4 Å². The van der Waals surface area contributed by atoms with Crippen LogP contribution in [0.1, 0.15) is 49.8 Å². The van der Waals surface area contributed by atoms with Crippen LogP contribution in [0.25, 0.3) is 6.08 Å². The van der Waals surface area contributed by atoms with E-state index >= 15 is 0 Å². The van der Waals surface area contributed by atoms with Crippen LogP contribution in [-0.2, 0) is 4.79 Å². The maximum atomic E-state index is 12.6. The number of hydrogen-bond donors (Lipinski definition) is 1. The number of amidine groups is 1. The molecular formula is C24H25Cl2N3OS. The number of amides is 1. The SMILES string of the molecule is Cc1ccc(Cl)cc1N=C1NC(=O)/C(=C\c2cc3c(cc2Cl)N(C)C(C)(C)CC3C)S1. The molecule has 2 aliphatic heterocycles. The minimum atomic E-state index is -0.177. The molecule has 2 heterocycles. The highest BCUT2D eigenvalue weighted by atomic mass is 35.5. The lowest BCUT2D eigenvalue weighted by molar-refractivity contribution is -0.115. The Bertz CT molecular complexity index is 1140. The summed E-state index contributed by atoms with van der Waals surface area (Å²) in [4.78, 5) is 20.0. The Hall–Kier alpha value is -1.95. The molecule has 0 saturated carbocycles. The van der Waals surface area contributed by atoms with Gasteiger partial charge < -0.3 is 10.2 Å². The molecule has 31 heavy (non-hydrogen) atoms. The monoisotopic (exact) mass is 473 g/mol. The van der Waals surface area contributed by atoms with Crippen molar-refractivity contribution in [3.63, 3.8) is 0 Å². The average molecular weight is 474 g/mol. The number of nitrogens with zero attached hydrogens (tertiary/aromatic N) is 2. The van der Waals surface area contributed by atoms with Crippen molar-refractivity contribution >= 4 is 63.5 Å². The summed E-state index contributed by atoms with van der Waals surface area (Å²) in [7, 11) is 2.11. The van der Waals surface area contributed by atoms with Crippen molar-refractivity contribution in [1.29, 1.82) is 0 Å². The van der Waals surface area contributed by atoms with Gasteiger partial charge in [0.05, 0.1) is 10.6 Å². The van der Waals surface area contributed by atoms with Crippen LogP contribution in [0.15, 0.2) is 40.2 Å². The predicted octanol–water partition coefficient (Wildman–Crippen LogP) is 6.92. The van der Waals surface area contributed by atoms with Crippen LogP contribution in [0.3, 0.4) is 0 Å². The fourth-order valence-corrected chi connectivity index (χ4v) is 5.35. The molecular weight excluding hydrogens is 449 g/mol. The molecule has 2 aromatic rings. The van der Waals surface area contributed by atoms with Crippen LogP contribution in [0.2, 0.25) is 10.0 Å². The minimum absolute atomic E-state index is 0.0702. The highest BCUT2D eigenvalue weighted by Gasteiger charge is 2.34. The molecule has 0 aromatic heterocycles. The second-order valence-electron chi connectivity index (χ2n) is 8.82. The van der Waals surface area contributed by atoms with Gasteiger partial charge in [-0.1, -0.05) is 36.2 Å². The van der Waals surface area contributed by atoms with Gasteiger partial charge in [-0.2, -0.15) is 0 Å². The smallest absolute Gasteiger partial charge is 0.264 e. The molecule has 4 nitrogen and oxygen atoms in total. The lowest BCUT2D eigenvalue weighted by Gasteiger charge is -2.45. The molecule has 1 atom stereocenters. The summed E-state index contributed by atoms with van der Waals surface area (Å²) in [5.74, 6) is 0.229. The first-order valence-corrected chi connectivity index (χ1v) is 11.8. The Morgan fingerprint density at radius 1 is 1.26 bits per heavy atom. The zero-order chi connectivity index (χ0) is 22.5. The number of halogens is 2. The first kappa shape index (κ1) is 22.3. The molecule has 0 radical (unpaired) electrons. The molecule has 2 aromatic carbocycles. The third-order valence-corrected chi connectivity index (χ3v) is 7.55. The van der Waals surface area contributed by atoms with Gasteiger partial charge in [0.2, 0.25) is 0 Å². The first-order valence-electron chi connectivity index (χ1n) is 10.2. The summed E-state index contributed by atoms with van der Waals surface area (Å²) in [6.07, 6.45) is 2.90. The molecule has 1 unspecified atom stereocenters. The van der Waals surface area contributed by atoms with E-state index in [-0.39, 0.29) is 11.4 Å². The summed E-state index contributed by atoms with van der Waals surface area (Å²) in [5, 5.41) is 4.61. The average Bonchev–Trinajstić information content (AvgIpc) is 3.03. The second kappa shape index (κ2) is 8.19. The van der Waals surface area contributed by atoms with Crippen molar-refractivity contribution in [3.8, 4) is 0 Å². The van der Waals surface area contributed by atoms with E-state index in [1.54, 1.807) is 6.07 Å². The number of fused-ring (bicyclic) bond motifs is 1. The van der Waals surface area contributed by atoms with Crippen LogP contribution < -0.4 is 10.2 Å². The highest BCUT2D eigenvalue weighted by molar-refractivity contribution is 8.18. The lowest BCUT2D eigenvalue weighted by Crippen LogP contribution is -2.45. The topological polar surface area (TPSA) is 44.7 Å². The van der Waals surface area contributed by atoms with Crippen molar-refractivity contribution in [1.82, 2.24) is 5.32 Å². The normalized spacial score (nSPS) is 22.7. The van der Waals surface area contributed by atoms with Gasteiger partial charge in [-0.15, -0.1) is 0 Å². The molecule has 1 N–H and O–H groups in total. The maximum absolute atomic E-state index is 12.6. The van der Waals surface area contributed by atoms with Gasteiger partial charge in [-0.05, 0) is 91.9 Å². The number of carbonyl (C=O) groups excluding carboxylic acids is 1. The van der Waals surface area contributed by atoms with E-state index in [0.717, 1.165) is 28.9 Å². The molecule has 1 amide bonds. The van der Waals surface area contributed by atoms with E-state index < -0.39 is 0 Å². The molecule has 4 rings (SSSR count). The van der Waals surface area contributed by atoms with Crippen molar-refractivity contribution in [2.75, 3.05) is 11.9 Å². The number of aryl methyl sites for hydroxylation is 1. The first-order chi connectivity index (χ1) is 14.5. The molecule has 0 spiro atoms. The summed E-state index contributed by atoms with van der Waals surface area (Å²) >= 11 is 14.0. The number of anilines is 1. The fraction of sp³-hybridized carbons (Fsp3) is 0.333. The van der Waals surface area contributed by atoms with Gasteiger partial charge in [0.25, 0.3) is 5.91 Å². The van der Waals surface area contributed by atoms with E-state index in [0.29, 0.717) is 26.0 Å². The number of nitrogens with one attached hydrogen (secondary N) is 1. The van der Waals surface area contributed by atoms with Crippen LogP contribution >= 0.6 is 35.0 Å². The minimum Gasteiger partial charge on any atom is -0.369 e. The van der Waals surface area contributed by atoms with Crippen LogP contribution in [-0.4, -0.2) is 23.7 Å². The summed E-state index contributed by atoms with van der Waals surface area (Å²) in [6.45, 7) is 8.70. The van der Waals surface area contributed by atoms with Crippen molar-refractivity contribution < 1.29 is 4.79 Å². The number of hydrogen-bond acceptors (Lipinski definition) is 4. The van der Waals surface area contributed by atoms with Gasteiger partial charge in [0, 0.05) is 28.3 Å². The van der Waals surface area contributed by atoms with Gasteiger partial charge >= 0.3 is 0 Å². The Balaban J connectivity index is 1.67. The number of thioether (sulfide) groups is 1. The van der Waals surface area contributed by atoms with E-state index in [4.69, 9.17) is 23.2 Å². The van der Waals surface area contributed by atoms with Crippen molar-refractivity contribution in [3.05, 3.63) is 62.0 Å². The molecule has 2 aliphatic rings. The number of rotatable bonds is 2. The van der Waals surface area contributed by atoms with Gasteiger partial charge in [-0.25, -0.2) is 4.99 Å². The van der Waals surface area contributed by atoms with Gasteiger partial charge in [0.15, 0.2) is 5.17 Å². The molecule has 0 bridgehead atoms. The standard InChI is InChI=1S/C24H25Cl2N3OS/c1-13-6-7-16(25)10-19(13)27-23-28-22(30)21(31-23)9-15-8-17-14(2)12-24(3,4)29(5)20(17)11-18(15)26/h6-11,14H,12H2,1-5H3,(H,27,28,30)/b21-9+. The van der Waals surface area contributed by atoms with Crippen LogP contribution in [0.5, 0.6) is 0 Å². The molecule has 0 aliphatic carbocycles. The zero-order valence-corrected chi connectivity index (χ0v) is 20.5. The van der Waals surface area contributed by atoms with Crippen molar-refractivity contribution in [2.24, 2.45) is 4.99 Å². The zero-order valence-electron chi connectivity index (χ0n) is 18.2. The third-order valence-electron chi connectivity index (χ3n) is 6.08. The summed E-state index contributed by atoms with van der Waals surface area (Å²) in [6, 6.07) is 9.65. The molecule has 162 valence electrons. The van der Waals surface area contributed by atoms with E-state index in [1.807, 2.05) is 31.2 Å². The quantitative estimate of drug-likeness (QED) is 0.481. The fourth-order valence-electron chi connectivity index (χ4n) is 4.15. The second-order valence-corrected chi connectivity index (χ2v) is 10.7. The Morgan fingerprint density at radius 2 is 2.00 bits per heavy atom. The summed E-state index contributed by atoms with van der Waals surface area (Å²) < 4.78 is 0. The molecule has 1 saturated heterocycles. The number of carbonyl (C=O) groups is 1. The van der Waals surface area contributed by atoms with Gasteiger partial charge in [-0.3, -0.25) is 4.79 Å². The molecule has 1 fully saturated rings. The van der Waals surface area contributed by atoms with E-state index in [2.05, 4.69) is 49.1 Å². The Kier molecular flexibility index (Phi) is 5.88. The van der Waals surface area contributed by atoms with Crippen LogP contribution in [0, 0.1) is 6.92 Å². The third kappa shape index (κ3) is 4.36. The largest absolute Gasteiger partial charge is 0.369 e. The Morgan fingerprint density at radius 3 is 2.74 bits per heavy atom. The molecule has 7 heteroatoms. The van der Waals surface area contributed by atoms with Gasteiger partial charge in [0.1, 0.15) is 0 Å². The maximum Gasteiger partial charge on any atom is 0.264 e. The van der Waals surface area contributed by atoms with E-state index in [1.165, 1.54) is 17.3 Å². The summed E-state index contributed by atoms with van der Waals surface area (Å²) in [5.41, 5.74) is 5.05. The van der Waals surface area contributed by atoms with Crippen molar-refractivity contribution in [2.45, 2.75) is 45.6 Å².